The molecule has 0 radical (unpaired) electrons. The van der Waals surface area contributed by atoms with Crippen molar-refractivity contribution in [2.75, 3.05) is 24.9 Å². The van der Waals surface area contributed by atoms with E-state index in [1.165, 1.54) is 19.0 Å². The van der Waals surface area contributed by atoms with Crippen LogP contribution in [0.2, 0.25) is 0 Å². The summed E-state index contributed by atoms with van der Waals surface area (Å²) in [6.45, 7) is 3.54. The van der Waals surface area contributed by atoms with Crippen molar-refractivity contribution in [2.45, 2.75) is 45.3 Å². The number of hydrogen-bond donors (Lipinski definition) is 1. The van der Waals surface area contributed by atoms with Gasteiger partial charge in [-0.2, -0.15) is 12.7 Å². The molecule has 0 fully saturated rings. The van der Waals surface area contributed by atoms with Crippen molar-refractivity contribution in [3.8, 4) is 0 Å². The van der Waals surface area contributed by atoms with Gasteiger partial charge in [0.15, 0.2) is 0 Å². The Hall–Kier alpha value is -3.21. The molecule has 8 nitrogen and oxygen atoms in total. The van der Waals surface area contributed by atoms with Crippen molar-refractivity contribution < 1.29 is 18.0 Å². The van der Waals surface area contributed by atoms with Crippen LogP contribution < -0.4 is 9.62 Å². The number of carbonyl (C=O) groups is 2. The molecule has 214 valence electrons. The molecule has 40 heavy (non-hydrogen) atoms. The van der Waals surface area contributed by atoms with Crippen LogP contribution in [-0.2, 0) is 32.8 Å². The zero-order valence-electron chi connectivity index (χ0n) is 23.3. The summed E-state index contributed by atoms with van der Waals surface area (Å²) < 4.78 is 29.7. The molecule has 0 aromatic heterocycles. The third kappa shape index (κ3) is 8.39. The zero-order valence-corrected chi connectivity index (χ0v) is 25.7. The maximum Gasteiger partial charge on any atom is 0.304 e. The Balaban J connectivity index is 2.08. The van der Waals surface area contributed by atoms with Gasteiger partial charge in [0.05, 0.1) is 5.69 Å². The molecule has 3 aromatic carbocycles. The molecule has 0 unspecified atom stereocenters. The van der Waals surface area contributed by atoms with Crippen molar-refractivity contribution in [2.24, 2.45) is 0 Å². The quantitative estimate of drug-likeness (QED) is 0.299. The molecule has 0 saturated carbocycles. The fraction of sp³-hybridized carbons (Fsp3) is 0.333. The predicted octanol–water partition coefficient (Wildman–Crippen LogP) is 4.62. The predicted molar refractivity (Wildman–Crippen MR) is 163 cm³/mol. The minimum absolute atomic E-state index is 0.0940. The highest BCUT2D eigenvalue weighted by Crippen LogP contribution is 2.22. The normalized spacial score (nSPS) is 12.9. The Labute approximate surface area is 246 Å². The zero-order chi connectivity index (χ0) is 29.3. The van der Waals surface area contributed by atoms with Crippen LogP contribution >= 0.6 is 15.9 Å². The number of para-hydroxylation sites is 1. The maximum absolute atomic E-state index is 14.2. The third-order valence-corrected chi connectivity index (χ3v) is 8.89. The topological polar surface area (TPSA) is 90.0 Å². The first-order valence-electron chi connectivity index (χ1n) is 13.2. The highest BCUT2D eigenvalue weighted by Gasteiger charge is 2.35. The fourth-order valence-corrected chi connectivity index (χ4v) is 5.64. The second kappa shape index (κ2) is 14.4. The van der Waals surface area contributed by atoms with Crippen LogP contribution in [0.15, 0.2) is 89.4 Å². The van der Waals surface area contributed by atoms with Gasteiger partial charge in [0.25, 0.3) is 0 Å². The van der Waals surface area contributed by atoms with Crippen LogP contribution in [0.3, 0.4) is 0 Å². The SMILES string of the molecule is CC[C@H](C)NC(=O)[C@H](Cc1ccccc1)N(Cc1cccc(Br)c1)C(=O)CN(c1ccccc1)S(=O)(=O)N(C)C. The lowest BCUT2D eigenvalue weighted by Crippen LogP contribution is -2.55. The van der Waals surface area contributed by atoms with Gasteiger partial charge in [-0.15, -0.1) is 0 Å². The summed E-state index contributed by atoms with van der Waals surface area (Å²) in [6.07, 6.45) is 1.00. The Bertz CT molecular complexity index is 1370. The van der Waals surface area contributed by atoms with E-state index in [0.717, 1.165) is 30.6 Å². The monoisotopic (exact) mass is 628 g/mol. The molecule has 1 N–H and O–H groups in total. The summed E-state index contributed by atoms with van der Waals surface area (Å²) in [4.78, 5) is 29.4. The molecule has 0 spiro atoms. The number of rotatable bonds is 13. The number of amides is 2. The van der Waals surface area contributed by atoms with E-state index in [4.69, 9.17) is 0 Å². The number of nitrogens with zero attached hydrogens (tertiary/aromatic N) is 3. The van der Waals surface area contributed by atoms with Crippen LogP contribution in [-0.4, -0.2) is 62.2 Å². The Morgan fingerprint density at radius 3 is 2.08 bits per heavy atom. The lowest BCUT2D eigenvalue weighted by atomic mass is 10.0. The highest BCUT2D eigenvalue weighted by molar-refractivity contribution is 9.10. The van der Waals surface area contributed by atoms with Crippen molar-refractivity contribution in [1.29, 1.82) is 0 Å². The van der Waals surface area contributed by atoms with Crippen LogP contribution in [0, 0.1) is 0 Å². The average molecular weight is 630 g/mol. The van der Waals surface area contributed by atoms with E-state index >= 15 is 0 Å². The van der Waals surface area contributed by atoms with E-state index in [2.05, 4.69) is 21.2 Å². The van der Waals surface area contributed by atoms with Crippen molar-refractivity contribution in [3.05, 3.63) is 101 Å². The highest BCUT2D eigenvalue weighted by atomic mass is 79.9. The number of nitrogens with one attached hydrogen (secondary N) is 1. The van der Waals surface area contributed by atoms with Crippen LogP contribution in [0.5, 0.6) is 0 Å². The molecule has 3 rings (SSSR count). The molecule has 3 aromatic rings. The van der Waals surface area contributed by atoms with Gasteiger partial charge in [-0.1, -0.05) is 83.5 Å². The summed E-state index contributed by atoms with van der Waals surface area (Å²) in [6, 6.07) is 24.5. The molecule has 0 saturated heterocycles. The van der Waals surface area contributed by atoms with Crippen LogP contribution in [0.1, 0.15) is 31.4 Å². The van der Waals surface area contributed by atoms with Gasteiger partial charge < -0.3 is 10.2 Å². The fourth-order valence-electron chi connectivity index (χ4n) is 4.14. The summed E-state index contributed by atoms with van der Waals surface area (Å²) >= 11 is 3.49. The number of carbonyl (C=O) groups excluding carboxylic acids is 2. The minimum Gasteiger partial charge on any atom is -0.352 e. The van der Waals surface area contributed by atoms with E-state index in [1.807, 2.05) is 68.4 Å². The molecule has 0 aliphatic rings. The molecule has 0 aliphatic carbocycles. The van der Waals surface area contributed by atoms with E-state index in [9.17, 15) is 18.0 Å². The van der Waals surface area contributed by atoms with Gasteiger partial charge >= 0.3 is 10.2 Å². The Morgan fingerprint density at radius 2 is 1.50 bits per heavy atom. The summed E-state index contributed by atoms with van der Waals surface area (Å²) in [5.74, 6) is -0.780. The number of halogens is 1. The maximum atomic E-state index is 14.2. The van der Waals surface area contributed by atoms with Crippen LogP contribution in [0.4, 0.5) is 5.69 Å². The molecule has 0 heterocycles. The van der Waals surface area contributed by atoms with Gasteiger partial charge in [0, 0.05) is 37.6 Å². The van der Waals surface area contributed by atoms with E-state index < -0.39 is 28.7 Å². The number of benzene rings is 3. The molecule has 0 aliphatic heterocycles. The number of hydrogen-bond acceptors (Lipinski definition) is 4. The van der Waals surface area contributed by atoms with Crippen molar-refractivity contribution in [3.63, 3.8) is 0 Å². The lowest BCUT2D eigenvalue weighted by Gasteiger charge is -2.35. The van der Waals surface area contributed by atoms with Crippen molar-refractivity contribution in [1.82, 2.24) is 14.5 Å². The molecule has 2 atom stereocenters. The number of anilines is 1. The lowest BCUT2D eigenvalue weighted by molar-refractivity contribution is -0.140. The van der Waals surface area contributed by atoms with Gasteiger partial charge in [-0.05, 0) is 48.7 Å². The second-order valence-corrected chi connectivity index (χ2v) is 12.8. The first kappa shape index (κ1) is 31.3. The van der Waals surface area contributed by atoms with Crippen molar-refractivity contribution >= 4 is 43.6 Å². The van der Waals surface area contributed by atoms with E-state index in [-0.39, 0.29) is 24.9 Å². The average Bonchev–Trinajstić information content (AvgIpc) is 2.94. The summed E-state index contributed by atoms with van der Waals surface area (Å²) in [7, 11) is -1.17. The van der Waals surface area contributed by atoms with Gasteiger partial charge in [0.1, 0.15) is 12.6 Å². The largest absolute Gasteiger partial charge is 0.352 e. The minimum atomic E-state index is -4.02. The Kier molecular flexibility index (Phi) is 11.3. The Morgan fingerprint density at radius 1 is 0.900 bits per heavy atom. The molecule has 0 bridgehead atoms. The molecular formula is C30H37BrN4O4S. The third-order valence-electron chi connectivity index (χ3n) is 6.58. The first-order valence-corrected chi connectivity index (χ1v) is 15.3. The van der Waals surface area contributed by atoms with Gasteiger partial charge in [-0.25, -0.2) is 4.31 Å². The van der Waals surface area contributed by atoms with E-state index in [1.54, 1.807) is 30.3 Å². The first-order chi connectivity index (χ1) is 19.0. The van der Waals surface area contributed by atoms with Crippen LogP contribution in [0.25, 0.3) is 0 Å². The standard InChI is InChI=1S/C30H37BrN4O4S/c1-5-23(2)32-30(37)28(20-24-13-8-6-9-14-24)34(21-25-15-12-16-26(31)19-25)29(36)22-35(40(38,39)33(3)4)27-17-10-7-11-18-27/h6-19,23,28H,5,20-22H2,1-4H3,(H,32,37)/t23-,28-/m0/s1. The van der Waals surface area contributed by atoms with Gasteiger partial charge in [0.2, 0.25) is 11.8 Å². The van der Waals surface area contributed by atoms with Gasteiger partial charge in [-0.3, -0.25) is 9.59 Å². The molecular weight excluding hydrogens is 592 g/mol. The molecule has 2 amide bonds. The summed E-state index contributed by atoms with van der Waals surface area (Å²) in [5, 5.41) is 3.03. The summed E-state index contributed by atoms with van der Waals surface area (Å²) in [5.41, 5.74) is 2.05. The smallest absolute Gasteiger partial charge is 0.304 e. The second-order valence-electron chi connectivity index (χ2n) is 9.81. The van der Waals surface area contributed by atoms with E-state index in [0.29, 0.717) is 5.69 Å². The molecule has 10 heteroatoms.